The van der Waals surface area contributed by atoms with Crippen LogP contribution in [0.2, 0.25) is 0 Å². The summed E-state index contributed by atoms with van der Waals surface area (Å²) in [4.78, 5) is 0. The molecule has 0 atom stereocenters. The molecule has 0 aliphatic carbocycles. The maximum Gasteiger partial charge on any atom is 0.127 e. The van der Waals surface area contributed by atoms with Gasteiger partial charge in [-0.25, -0.2) is 0 Å². The van der Waals surface area contributed by atoms with Crippen LogP contribution in [0.25, 0.3) is 11.1 Å². The van der Waals surface area contributed by atoms with Gasteiger partial charge in [0.1, 0.15) is 24.7 Å². The fourth-order valence-electron chi connectivity index (χ4n) is 2.29. The van der Waals surface area contributed by atoms with E-state index in [0.29, 0.717) is 52.9 Å². The van der Waals surface area contributed by atoms with E-state index in [4.69, 9.17) is 28.4 Å². The molecule has 0 amide bonds. The third-order valence-corrected chi connectivity index (χ3v) is 4.31. The minimum atomic E-state index is 0.481. The first kappa shape index (κ1) is 21.7. The van der Waals surface area contributed by atoms with Crippen molar-refractivity contribution >= 4 is 11.3 Å². The standard InChI is InChI=1S/C20H28O6S/c1-21-6-8-23-10-12-25-18-3-4-20(26-13-11-24-9-7-22-2)19(15-18)17-5-14-27-16-17/h3-5,14-16H,6-13H2,1-2H3. The molecule has 7 heteroatoms. The lowest BCUT2D eigenvalue weighted by Gasteiger charge is -2.14. The predicted molar refractivity (Wildman–Crippen MR) is 106 cm³/mol. The van der Waals surface area contributed by atoms with Crippen LogP contribution in [-0.4, -0.2) is 67.1 Å². The lowest BCUT2D eigenvalue weighted by atomic mass is 10.1. The largest absolute Gasteiger partial charge is 0.491 e. The Labute approximate surface area is 164 Å². The fraction of sp³-hybridized carbons (Fsp3) is 0.500. The Kier molecular flexibility index (Phi) is 10.8. The highest BCUT2D eigenvalue weighted by Gasteiger charge is 2.09. The Hall–Kier alpha value is -1.64. The zero-order valence-electron chi connectivity index (χ0n) is 16.0. The first-order chi connectivity index (χ1) is 13.3. The number of rotatable bonds is 15. The summed E-state index contributed by atoms with van der Waals surface area (Å²) in [6.45, 7) is 4.31. The first-order valence-corrected chi connectivity index (χ1v) is 9.85. The normalized spacial score (nSPS) is 10.9. The van der Waals surface area contributed by atoms with E-state index in [9.17, 15) is 0 Å². The molecule has 0 aliphatic rings. The fourth-order valence-corrected chi connectivity index (χ4v) is 2.94. The Morgan fingerprint density at radius 1 is 0.741 bits per heavy atom. The van der Waals surface area contributed by atoms with Crippen LogP contribution in [0.1, 0.15) is 0 Å². The summed E-state index contributed by atoms with van der Waals surface area (Å²) >= 11 is 1.65. The number of thiophene rings is 1. The van der Waals surface area contributed by atoms with Crippen molar-refractivity contribution in [1.82, 2.24) is 0 Å². The van der Waals surface area contributed by atoms with Crippen LogP contribution < -0.4 is 9.47 Å². The van der Waals surface area contributed by atoms with Gasteiger partial charge in [0, 0.05) is 19.8 Å². The predicted octanol–water partition coefficient (Wildman–Crippen LogP) is 3.50. The van der Waals surface area contributed by atoms with Crippen molar-refractivity contribution in [3.8, 4) is 22.6 Å². The summed E-state index contributed by atoms with van der Waals surface area (Å²) in [6, 6.07) is 7.91. The molecule has 0 saturated heterocycles. The molecule has 0 saturated carbocycles. The van der Waals surface area contributed by atoms with Gasteiger partial charge in [-0.1, -0.05) is 0 Å². The molecule has 0 spiro atoms. The van der Waals surface area contributed by atoms with E-state index in [-0.39, 0.29) is 0 Å². The maximum atomic E-state index is 5.91. The highest BCUT2D eigenvalue weighted by Crippen LogP contribution is 2.34. The Morgan fingerprint density at radius 2 is 1.41 bits per heavy atom. The van der Waals surface area contributed by atoms with E-state index in [0.717, 1.165) is 22.6 Å². The van der Waals surface area contributed by atoms with E-state index >= 15 is 0 Å². The quantitative estimate of drug-likeness (QED) is 0.430. The number of benzene rings is 1. The van der Waals surface area contributed by atoms with Crippen molar-refractivity contribution in [1.29, 1.82) is 0 Å². The monoisotopic (exact) mass is 396 g/mol. The van der Waals surface area contributed by atoms with Gasteiger partial charge in [-0.15, -0.1) is 0 Å². The van der Waals surface area contributed by atoms with Crippen LogP contribution in [0.15, 0.2) is 35.0 Å². The molecule has 1 heterocycles. The third kappa shape index (κ3) is 8.28. The van der Waals surface area contributed by atoms with Crippen LogP contribution in [-0.2, 0) is 18.9 Å². The third-order valence-electron chi connectivity index (χ3n) is 3.63. The van der Waals surface area contributed by atoms with Crippen molar-refractivity contribution < 1.29 is 28.4 Å². The number of hydrogen-bond acceptors (Lipinski definition) is 7. The molecule has 0 N–H and O–H groups in total. The van der Waals surface area contributed by atoms with Gasteiger partial charge >= 0.3 is 0 Å². The second-order valence-corrected chi connectivity index (χ2v) is 6.36. The highest BCUT2D eigenvalue weighted by molar-refractivity contribution is 7.08. The van der Waals surface area contributed by atoms with E-state index < -0.39 is 0 Å². The second-order valence-electron chi connectivity index (χ2n) is 5.58. The average Bonchev–Trinajstić information content (AvgIpc) is 3.22. The first-order valence-electron chi connectivity index (χ1n) is 8.90. The maximum absolute atomic E-state index is 5.91. The molecule has 1 aromatic carbocycles. The zero-order chi connectivity index (χ0) is 19.2. The summed E-state index contributed by atoms with van der Waals surface area (Å²) in [5.74, 6) is 1.60. The molecule has 0 unspecified atom stereocenters. The van der Waals surface area contributed by atoms with Crippen molar-refractivity contribution in [2.45, 2.75) is 0 Å². The van der Waals surface area contributed by atoms with Gasteiger partial charge in [-0.2, -0.15) is 11.3 Å². The molecule has 0 radical (unpaired) electrons. The van der Waals surface area contributed by atoms with Gasteiger partial charge in [-0.05, 0) is 40.6 Å². The smallest absolute Gasteiger partial charge is 0.127 e. The summed E-state index contributed by atoms with van der Waals surface area (Å²) in [7, 11) is 3.31. The molecule has 0 bridgehead atoms. The highest BCUT2D eigenvalue weighted by atomic mass is 32.1. The molecule has 2 rings (SSSR count). The molecule has 150 valence electrons. The van der Waals surface area contributed by atoms with Gasteiger partial charge in [0.25, 0.3) is 0 Å². The Balaban J connectivity index is 1.88. The van der Waals surface area contributed by atoms with E-state index in [1.54, 1.807) is 25.6 Å². The molecular weight excluding hydrogens is 368 g/mol. The van der Waals surface area contributed by atoms with Crippen LogP contribution in [0, 0.1) is 0 Å². The second kappa shape index (κ2) is 13.5. The molecule has 0 fully saturated rings. The van der Waals surface area contributed by atoms with Crippen molar-refractivity contribution in [2.75, 3.05) is 67.1 Å². The van der Waals surface area contributed by atoms with E-state index in [2.05, 4.69) is 11.4 Å². The molecule has 6 nitrogen and oxygen atoms in total. The van der Waals surface area contributed by atoms with Crippen LogP contribution in [0.3, 0.4) is 0 Å². The van der Waals surface area contributed by atoms with Gasteiger partial charge in [0.15, 0.2) is 0 Å². The van der Waals surface area contributed by atoms with Crippen molar-refractivity contribution in [3.63, 3.8) is 0 Å². The van der Waals surface area contributed by atoms with E-state index in [1.807, 2.05) is 23.6 Å². The number of methoxy groups -OCH3 is 2. The summed E-state index contributed by atoms with van der Waals surface area (Å²) in [5, 5.41) is 4.14. The van der Waals surface area contributed by atoms with Crippen molar-refractivity contribution in [3.05, 3.63) is 35.0 Å². The molecule has 0 aliphatic heterocycles. The summed E-state index contributed by atoms with van der Waals surface area (Å²) in [5.41, 5.74) is 2.11. The van der Waals surface area contributed by atoms with E-state index in [1.165, 1.54) is 0 Å². The molecule has 27 heavy (non-hydrogen) atoms. The minimum absolute atomic E-state index is 0.481. The van der Waals surface area contributed by atoms with Gasteiger partial charge in [0.05, 0.1) is 39.6 Å². The van der Waals surface area contributed by atoms with Crippen molar-refractivity contribution in [2.24, 2.45) is 0 Å². The van der Waals surface area contributed by atoms with Crippen LogP contribution >= 0.6 is 11.3 Å². The minimum Gasteiger partial charge on any atom is -0.491 e. The lowest BCUT2D eigenvalue weighted by molar-refractivity contribution is 0.0539. The summed E-state index contributed by atoms with van der Waals surface area (Å²) < 4.78 is 32.5. The van der Waals surface area contributed by atoms with Gasteiger partial charge < -0.3 is 28.4 Å². The lowest BCUT2D eigenvalue weighted by Crippen LogP contribution is -2.11. The Bertz CT molecular complexity index is 617. The molecular formula is C20H28O6S. The SMILES string of the molecule is COCCOCCOc1ccc(OCCOCCOC)c(-c2ccsc2)c1. The molecule has 2 aromatic rings. The Morgan fingerprint density at radius 3 is 2.04 bits per heavy atom. The van der Waals surface area contributed by atoms with Crippen LogP contribution in [0.4, 0.5) is 0 Å². The zero-order valence-corrected chi connectivity index (χ0v) is 16.8. The molecule has 1 aromatic heterocycles. The number of ether oxygens (including phenoxy) is 6. The van der Waals surface area contributed by atoms with Gasteiger partial charge in [0.2, 0.25) is 0 Å². The van der Waals surface area contributed by atoms with Gasteiger partial charge in [-0.3, -0.25) is 0 Å². The summed E-state index contributed by atoms with van der Waals surface area (Å²) in [6.07, 6.45) is 0. The van der Waals surface area contributed by atoms with Crippen LogP contribution in [0.5, 0.6) is 11.5 Å². The number of hydrogen-bond donors (Lipinski definition) is 0. The average molecular weight is 397 g/mol. The topological polar surface area (TPSA) is 55.4 Å².